The monoisotopic (exact) mass is 319 g/mol. The Kier molecular flexibility index (Phi) is 5.47. The minimum Gasteiger partial charge on any atom is -0.491 e. The average molecular weight is 319 g/mol. The number of nitrogens with two attached hydrogens (primary N) is 1. The molecule has 1 heterocycles. The van der Waals surface area contributed by atoms with Gasteiger partial charge >= 0.3 is 6.03 Å². The van der Waals surface area contributed by atoms with Crippen LogP contribution in [0.3, 0.4) is 0 Å². The molecule has 1 aromatic carbocycles. The van der Waals surface area contributed by atoms with Crippen molar-refractivity contribution in [3.8, 4) is 5.75 Å². The van der Waals surface area contributed by atoms with Crippen molar-refractivity contribution in [2.24, 2.45) is 5.73 Å². The highest BCUT2D eigenvalue weighted by atomic mass is 16.5. The molecule has 0 unspecified atom stereocenters. The number of nitrogens with zero attached hydrogens (tertiary/aromatic N) is 1. The summed E-state index contributed by atoms with van der Waals surface area (Å²) in [7, 11) is 0. The molecule has 1 aromatic rings. The number of likely N-dealkylation sites (tertiary alicyclic amines) is 1. The number of amides is 3. The minimum atomic E-state index is -0.540. The van der Waals surface area contributed by atoms with Crippen LogP contribution < -0.4 is 15.8 Å². The third-order valence-electron chi connectivity index (χ3n) is 3.88. The van der Waals surface area contributed by atoms with E-state index in [1.54, 1.807) is 0 Å². The van der Waals surface area contributed by atoms with E-state index in [9.17, 15) is 9.59 Å². The smallest absolute Gasteiger partial charge is 0.315 e. The van der Waals surface area contributed by atoms with Crippen molar-refractivity contribution in [2.75, 3.05) is 6.54 Å². The summed E-state index contributed by atoms with van der Waals surface area (Å²) in [6.45, 7) is 6.84. The molecule has 126 valence electrons. The van der Waals surface area contributed by atoms with Gasteiger partial charge in [0.1, 0.15) is 11.8 Å². The minimum absolute atomic E-state index is 0.0615. The number of nitrogens with one attached hydrogen (secondary N) is 1. The van der Waals surface area contributed by atoms with Crippen molar-refractivity contribution in [1.29, 1.82) is 0 Å². The highest BCUT2D eigenvalue weighted by Gasteiger charge is 2.32. The number of hydrogen-bond acceptors (Lipinski definition) is 3. The number of carbonyl (C=O) groups is 2. The van der Waals surface area contributed by atoms with Crippen molar-refractivity contribution in [3.63, 3.8) is 0 Å². The highest BCUT2D eigenvalue weighted by molar-refractivity contribution is 5.87. The van der Waals surface area contributed by atoms with Gasteiger partial charge in [-0.25, -0.2) is 4.79 Å². The van der Waals surface area contributed by atoms with E-state index in [2.05, 4.69) is 5.32 Å². The number of urea groups is 1. The fourth-order valence-electron chi connectivity index (χ4n) is 2.77. The number of aryl methyl sites for hydroxylation is 1. The molecule has 2 rings (SSSR count). The van der Waals surface area contributed by atoms with Crippen molar-refractivity contribution in [1.82, 2.24) is 10.2 Å². The predicted octanol–water partition coefficient (Wildman–Crippen LogP) is 1.94. The van der Waals surface area contributed by atoms with Crippen LogP contribution in [-0.4, -0.2) is 35.5 Å². The second-order valence-electron chi connectivity index (χ2n) is 6.19. The predicted molar refractivity (Wildman–Crippen MR) is 88.1 cm³/mol. The van der Waals surface area contributed by atoms with Gasteiger partial charge in [-0.2, -0.15) is 0 Å². The molecule has 1 atom stereocenters. The topological polar surface area (TPSA) is 84.7 Å². The molecule has 6 nitrogen and oxygen atoms in total. The van der Waals surface area contributed by atoms with Crippen LogP contribution in [-0.2, 0) is 11.3 Å². The van der Waals surface area contributed by atoms with Crippen molar-refractivity contribution >= 4 is 11.9 Å². The molecule has 1 aliphatic rings. The van der Waals surface area contributed by atoms with Crippen LogP contribution >= 0.6 is 0 Å². The Labute approximate surface area is 137 Å². The molecule has 0 saturated carbocycles. The number of ether oxygens (including phenoxy) is 1. The Hall–Kier alpha value is -2.24. The van der Waals surface area contributed by atoms with E-state index in [1.807, 2.05) is 39.0 Å². The standard InChI is InChI=1S/C17H25N3O3/c1-11(2)23-15-9-12(3)6-7-13(15)10-19-16(21)14-5-4-8-20(14)17(18)22/h6-7,9,11,14H,4-5,8,10H2,1-3H3,(H2,18,22)(H,19,21)/t14-/m0/s1. The lowest BCUT2D eigenvalue weighted by Crippen LogP contribution is -2.47. The molecule has 1 fully saturated rings. The van der Waals surface area contributed by atoms with E-state index in [1.165, 1.54) is 4.90 Å². The first kappa shape index (κ1) is 17.1. The molecule has 23 heavy (non-hydrogen) atoms. The maximum absolute atomic E-state index is 12.3. The van der Waals surface area contributed by atoms with Crippen molar-refractivity contribution < 1.29 is 14.3 Å². The number of carbonyl (C=O) groups excluding carboxylic acids is 2. The van der Waals surface area contributed by atoms with Gasteiger partial charge in [-0.1, -0.05) is 12.1 Å². The van der Waals surface area contributed by atoms with E-state index in [-0.39, 0.29) is 12.0 Å². The van der Waals surface area contributed by atoms with E-state index in [0.717, 1.165) is 23.3 Å². The van der Waals surface area contributed by atoms with Crippen LogP contribution in [0.4, 0.5) is 4.79 Å². The fraction of sp³-hybridized carbons (Fsp3) is 0.529. The number of rotatable bonds is 5. The summed E-state index contributed by atoms with van der Waals surface area (Å²) in [6.07, 6.45) is 1.51. The number of hydrogen-bond donors (Lipinski definition) is 2. The number of benzene rings is 1. The van der Waals surface area contributed by atoms with Crippen molar-refractivity contribution in [3.05, 3.63) is 29.3 Å². The van der Waals surface area contributed by atoms with E-state index >= 15 is 0 Å². The van der Waals surface area contributed by atoms with Gasteiger partial charge in [0.25, 0.3) is 0 Å². The number of primary amides is 1. The Morgan fingerprint density at radius 3 is 2.83 bits per heavy atom. The summed E-state index contributed by atoms with van der Waals surface area (Å²) in [6, 6.07) is 4.90. The first-order chi connectivity index (χ1) is 10.9. The molecule has 0 radical (unpaired) electrons. The second-order valence-corrected chi connectivity index (χ2v) is 6.19. The molecule has 3 amide bonds. The zero-order valence-electron chi connectivity index (χ0n) is 14.0. The zero-order valence-corrected chi connectivity index (χ0v) is 14.0. The molecule has 0 aromatic heterocycles. The quantitative estimate of drug-likeness (QED) is 0.870. The third-order valence-corrected chi connectivity index (χ3v) is 3.88. The Bertz CT molecular complexity index is 586. The SMILES string of the molecule is Cc1ccc(CNC(=O)[C@@H]2CCCN2C(N)=O)c(OC(C)C)c1. The summed E-state index contributed by atoms with van der Waals surface area (Å²) in [5, 5.41) is 2.89. The van der Waals surface area contributed by atoms with E-state index < -0.39 is 12.1 Å². The Morgan fingerprint density at radius 1 is 1.43 bits per heavy atom. The van der Waals surface area contributed by atoms with Gasteiger partial charge < -0.3 is 20.7 Å². The van der Waals surface area contributed by atoms with Crippen LogP contribution in [0.1, 0.15) is 37.8 Å². The summed E-state index contributed by atoms with van der Waals surface area (Å²) in [4.78, 5) is 25.1. The molecular weight excluding hydrogens is 294 g/mol. The lowest BCUT2D eigenvalue weighted by atomic mass is 10.1. The molecule has 3 N–H and O–H groups in total. The van der Waals surface area contributed by atoms with Gasteiger partial charge in [0, 0.05) is 18.7 Å². The van der Waals surface area contributed by atoms with Crippen LogP contribution in [0.5, 0.6) is 5.75 Å². The van der Waals surface area contributed by atoms with Gasteiger partial charge in [0.05, 0.1) is 6.10 Å². The van der Waals surface area contributed by atoms with Crippen LogP contribution in [0, 0.1) is 6.92 Å². The fourth-order valence-corrected chi connectivity index (χ4v) is 2.77. The highest BCUT2D eigenvalue weighted by Crippen LogP contribution is 2.22. The molecule has 1 saturated heterocycles. The summed E-state index contributed by atoms with van der Waals surface area (Å²) < 4.78 is 5.81. The summed E-state index contributed by atoms with van der Waals surface area (Å²) >= 11 is 0. The first-order valence-electron chi connectivity index (χ1n) is 7.98. The molecule has 6 heteroatoms. The second kappa shape index (κ2) is 7.35. The Balaban J connectivity index is 2.03. The zero-order chi connectivity index (χ0) is 17.0. The maximum atomic E-state index is 12.3. The van der Waals surface area contributed by atoms with Gasteiger partial charge in [0.15, 0.2) is 0 Å². The summed E-state index contributed by atoms with van der Waals surface area (Å²) in [5.74, 6) is 0.607. The normalized spacial score (nSPS) is 17.4. The Morgan fingerprint density at radius 2 is 2.17 bits per heavy atom. The third kappa shape index (κ3) is 4.37. The lowest BCUT2D eigenvalue weighted by Gasteiger charge is -2.22. The first-order valence-corrected chi connectivity index (χ1v) is 7.98. The van der Waals surface area contributed by atoms with Gasteiger partial charge in [-0.3, -0.25) is 4.79 Å². The molecule has 0 aliphatic carbocycles. The largest absolute Gasteiger partial charge is 0.491 e. The molecule has 0 bridgehead atoms. The average Bonchev–Trinajstić information content (AvgIpc) is 2.95. The van der Waals surface area contributed by atoms with Crippen LogP contribution in [0.25, 0.3) is 0 Å². The van der Waals surface area contributed by atoms with Gasteiger partial charge in [-0.15, -0.1) is 0 Å². The van der Waals surface area contributed by atoms with Gasteiger partial charge in [-0.05, 0) is 45.2 Å². The van der Waals surface area contributed by atoms with E-state index in [4.69, 9.17) is 10.5 Å². The van der Waals surface area contributed by atoms with Crippen molar-refractivity contribution in [2.45, 2.75) is 52.3 Å². The maximum Gasteiger partial charge on any atom is 0.315 e. The molecule has 1 aliphatic heterocycles. The van der Waals surface area contributed by atoms with E-state index in [0.29, 0.717) is 19.5 Å². The molecule has 0 spiro atoms. The van der Waals surface area contributed by atoms with Gasteiger partial charge in [0.2, 0.25) is 5.91 Å². The summed E-state index contributed by atoms with van der Waals surface area (Å²) in [5.41, 5.74) is 7.34. The molecular formula is C17H25N3O3. The lowest BCUT2D eigenvalue weighted by molar-refractivity contribution is -0.124. The van der Waals surface area contributed by atoms with Crippen LogP contribution in [0.15, 0.2) is 18.2 Å². The van der Waals surface area contributed by atoms with Crippen LogP contribution in [0.2, 0.25) is 0 Å².